The second-order valence-electron chi connectivity index (χ2n) is 2.34. The van der Waals surface area contributed by atoms with Gasteiger partial charge in [-0.15, -0.1) is 0 Å². The fraction of sp³-hybridized carbons (Fsp3) is 1.00. The van der Waals surface area contributed by atoms with E-state index < -0.39 is 31.1 Å². The Bertz CT molecular complexity index is 110. The van der Waals surface area contributed by atoms with Crippen molar-refractivity contribution in [1.29, 1.82) is 0 Å². The smallest absolute Gasteiger partial charge is 0.145 e. The molecule has 0 bridgehead atoms. The molecule has 0 aromatic rings. The first-order chi connectivity index (χ1) is 5.54. The Morgan fingerprint density at radius 1 is 1.08 bits per heavy atom. The highest BCUT2D eigenvalue weighted by molar-refractivity contribution is 4.78. The van der Waals surface area contributed by atoms with Gasteiger partial charge in [-0.3, -0.25) is 5.84 Å². The number of hydrogen-bond donors (Lipinski definition) is 7. The molecule has 1 unspecified atom stereocenters. The van der Waals surface area contributed by atoms with Crippen molar-refractivity contribution in [3.63, 3.8) is 0 Å². The predicted molar refractivity (Wildman–Crippen MR) is 38.4 cm³/mol. The Morgan fingerprint density at radius 3 is 1.92 bits per heavy atom. The first kappa shape index (κ1) is 11.7. The lowest BCUT2D eigenvalue weighted by Crippen LogP contribution is -2.53. The minimum Gasteiger partial charge on any atom is -0.394 e. The van der Waals surface area contributed by atoms with Crippen molar-refractivity contribution in [2.45, 2.75) is 24.5 Å². The van der Waals surface area contributed by atoms with Crippen LogP contribution in [-0.4, -0.2) is 56.7 Å². The Morgan fingerprint density at radius 2 is 1.58 bits per heavy atom. The van der Waals surface area contributed by atoms with Crippen LogP contribution in [0.15, 0.2) is 0 Å². The number of rotatable bonds is 5. The third-order valence-corrected chi connectivity index (χ3v) is 1.43. The topological polar surface area (TPSA) is 139 Å². The second-order valence-corrected chi connectivity index (χ2v) is 2.34. The van der Waals surface area contributed by atoms with Crippen LogP contribution in [0.2, 0.25) is 0 Å². The van der Waals surface area contributed by atoms with Gasteiger partial charge in [0.15, 0.2) is 0 Å². The molecule has 7 nitrogen and oxygen atoms in total. The maximum Gasteiger partial charge on any atom is 0.145 e. The molecule has 8 N–H and O–H groups in total. The monoisotopic (exact) mass is 182 g/mol. The summed E-state index contributed by atoms with van der Waals surface area (Å²) in [7, 11) is 0. The van der Waals surface area contributed by atoms with E-state index >= 15 is 0 Å². The summed E-state index contributed by atoms with van der Waals surface area (Å²) in [5.41, 5.74) is 1.78. The number of hydrogen-bond acceptors (Lipinski definition) is 7. The summed E-state index contributed by atoms with van der Waals surface area (Å²) >= 11 is 0. The zero-order chi connectivity index (χ0) is 9.72. The molecule has 0 aliphatic carbocycles. The number of hydrazine groups is 1. The van der Waals surface area contributed by atoms with Gasteiger partial charge in [0, 0.05) is 0 Å². The van der Waals surface area contributed by atoms with Crippen molar-refractivity contribution in [3.8, 4) is 0 Å². The van der Waals surface area contributed by atoms with Crippen LogP contribution in [0.3, 0.4) is 0 Å². The normalized spacial score (nSPS) is 21.5. The zero-order valence-electron chi connectivity index (χ0n) is 6.33. The van der Waals surface area contributed by atoms with Gasteiger partial charge in [-0.05, 0) is 0 Å². The van der Waals surface area contributed by atoms with E-state index in [1.54, 1.807) is 5.43 Å². The van der Waals surface area contributed by atoms with Crippen LogP contribution < -0.4 is 11.3 Å². The minimum atomic E-state index is -1.66. The largest absolute Gasteiger partial charge is 0.394 e. The molecule has 0 aliphatic heterocycles. The lowest BCUT2D eigenvalue weighted by molar-refractivity contribution is -0.122. The molecule has 0 aromatic heterocycles. The van der Waals surface area contributed by atoms with E-state index in [1.165, 1.54) is 0 Å². The standard InChI is InChI=1S/C5H14N2O5/c6-7-5(12)4(11)3(10)2(9)1-8/h2-5,7-12H,1,6H2/t2-,3+,4+,5?/m1/s1. The van der Waals surface area contributed by atoms with Crippen LogP contribution in [0.25, 0.3) is 0 Å². The average Bonchev–Trinajstić information content (AvgIpc) is 2.12. The third-order valence-electron chi connectivity index (χ3n) is 1.43. The Balaban J connectivity index is 3.99. The summed E-state index contributed by atoms with van der Waals surface area (Å²) in [6.45, 7) is -0.713. The van der Waals surface area contributed by atoms with E-state index in [0.29, 0.717) is 0 Å². The number of nitrogens with one attached hydrogen (secondary N) is 1. The molecule has 0 fully saturated rings. The summed E-state index contributed by atoms with van der Waals surface area (Å²) in [6, 6.07) is 0. The fourth-order valence-corrected chi connectivity index (χ4v) is 0.621. The molecular weight excluding hydrogens is 168 g/mol. The quantitative estimate of drug-likeness (QED) is 0.130. The molecule has 0 rings (SSSR count). The average molecular weight is 182 g/mol. The SMILES string of the molecule is NNC(O)[C@@H](O)[C@@H](O)[C@H](O)CO. The molecule has 12 heavy (non-hydrogen) atoms. The van der Waals surface area contributed by atoms with Gasteiger partial charge in [0.2, 0.25) is 0 Å². The van der Waals surface area contributed by atoms with Gasteiger partial charge in [0.05, 0.1) is 6.61 Å². The van der Waals surface area contributed by atoms with E-state index in [1.807, 2.05) is 0 Å². The molecule has 7 heteroatoms. The van der Waals surface area contributed by atoms with Gasteiger partial charge in [-0.1, -0.05) is 0 Å². The molecule has 0 aliphatic rings. The van der Waals surface area contributed by atoms with E-state index in [4.69, 9.17) is 31.4 Å². The maximum atomic E-state index is 8.97. The Kier molecular flexibility index (Phi) is 5.25. The molecule has 0 saturated carbocycles. The zero-order valence-corrected chi connectivity index (χ0v) is 6.33. The van der Waals surface area contributed by atoms with Gasteiger partial charge in [0.25, 0.3) is 0 Å². The van der Waals surface area contributed by atoms with Crippen molar-refractivity contribution >= 4 is 0 Å². The van der Waals surface area contributed by atoms with E-state index in [0.717, 1.165) is 0 Å². The van der Waals surface area contributed by atoms with Crippen LogP contribution >= 0.6 is 0 Å². The Hall–Kier alpha value is -0.280. The molecule has 0 amide bonds. The molecule has 0 heterocycles. The lowest BCUT2D eigenvalue weighted by atomic mass is 10.1. The molecule has 0 radical (unpaired) electrons. The van der Waals surface area contributed by atoms with Gasteiger partial charge in [-0.25, -0.2) is 5.43 Å². The molecule has 4 atom stereocenters. The Labute approximate surface area is 69.0 Å². The highest BCUT2D eigenvalue weighted by atomic mass is 16.4. The first-order valence-electron chi connectivity index (χ1n) is 3.33. The van der Waals surface area contributed by atoms with Crippen LogP contribution in [0, 0.1) is 0 Å². The molecule has 0 aromatic carbocycles. The van der Waals surface area contributed by atoms with Crippen LogP contribution in [0.4, 0.5) is 0 Å². The van der Waals surface area contributed by atoms with Crippen LogP contribution in [0.1, 0.15) is 0 Å². The van der Waals surface area contributed by atoms with E-state index in [-0.39, 0.29) is 0 Å². The maximum absolute atomic E-state index is 8.97. The highest BCUT2D eigenvalue weighted by Gasteiger charge is 2.29. The molecule has 0 spiro atoms. The highest BCUT2D eigenvalue weighted by Crippen LogP contribution is 2.02. The van der Waals surface area contributed by atoms with Gasteiger partial charge in [0.1, 0.15) is 24.5 Å². The number of aliphatic hydroxyl groups excluding tert-OH is 5. The van der Waals surface area contributed by atoms with Gasteiger partial charge >= 0.3 is 0 Å². The number of nitrogens with two attached hydrogens (primary N) is 1. The number of aliphatic hydroxyl groups is 5. The van der Waals surface area contributed by atoms with Gasteiger partial charge in [-0.2, -0.15) is 0 Å². The van der Waals surface area contributed by atoms with E-state index in [9.17, 15) is 0 Å². The summed E-state index contributed by atoms with van der Waals surface area (Å²) in [6.07, 6.45) is -6.37. The first-order valence-corrected chi connectivity index (χ1v) is 3.33. The summed E-state index contributed by atoms with van der Waals surface area (Å²) in [4.78, 5) is 0. The van der Waals surface area contributed by atoms with Crippen molar-refractivity contribution < 1.29 is 25.5 Å². The van der Waals surface area contributed by atoms with E-state index in [2.05, 4.69) is 0 Å². The summed E-state index contributed by atoms with van der Waals surface area (Å²) in [5, 5.41) is 43.9. The fourth-order valence-electron chi connectivity index (χ4n) is 0.621. The third kappa shape index (κ3) is 2.99. The lowest BCUT2D eigenvalue weighted by Gasteiger charge is -2.24. The predicted octanol–water partition coefficient (Wildman–Crippen LogP) is -4.16. The van der Waals surface area contributed by atoms with Gasteiger partial charge < -0.3 is 25.5 Å². The van der Waals surface area contributed by atoms with Crippen LogP contribution in [0.5, 0.6) is 0 Å². The molecular formula is C5H14N2O5. The molecule has 0 saturated heterocycles. The van der Waals surface area contributed by atoms with Crippen molar-refractivity contribution in [2.75, 3.05) is 6.61 Å². The molecule has 74 valence electrons. The van der Waals surface area contributed by atoms with Crippen LogP contribution in [-0.2, 0) is 0 Å². The minimum absolute atomic E-state index is 0.713. The second kappa shape index (κ2) is 5.38. The summed E-state index contributed by atoms with van der Waals surface area (Å²) < 4.78 is 0. The van der Waals surface area contributed by atoms with Crippen molar-refractivity contribution in [1.82, 2.24) is 5.43 Å². The summed E-state index contributed by atoms with van der Waals surface area (Å²) in [5.74, 6) is 4.74. The van der Waals surface area contributed by atoms with Crippen molar-refractivity contribution in [3.05, 3.63) is 0 Å². The van der Waals surface area contributed by atoms with Crippen molar-refractivity contribution in [2.24, 2.45) is 5.84 Å².